The maximum absolute atomic E-state index is 5.06. The molecule has 0 N–H and O–H groups in total. The van der Waals surface area contributed by atoms with Gasteiger partial charge in [-0.25, -0.2) is 0 Å². The van der Waals surface area contributed by atoms with E-state index in [2.05, 4.69) is 11.3 Å². The summed E-state index contributed by atoms with van der Waals surface area (Å²) >= 11 is 0. The molecule has 1 rings (SSSR count). The van der Waals surface area contributed by atoms with Gasteiger partial charge in [-0.1, -0.05) is 12.4 Å². The van der Waals surface area contributed by atoms with Crippen molar-refractivity contribution < 1.29 is 42.1 Å². The first-order valence-corrected chi connectivity index (χ1v) is 1.89. The van der Waals surface area contributed by atoms with Gasteiger partial charge in [0.1, 0.15) is 0 Å². The third-order valence-electron chi connectivity index (χ3n) is 0.636. The van der Waals surface area contributed by atoms with Crippen LogP contribution in [0.1, 0.15) is 0 Å². The Balaban J connectivity index is 0. The summed E-state index contributed by atoms with van der Waals surface area (Å²) < 4.78 is 1.54. The summed E-state index contributed by atoms with van der Waals surface area (Å²) in [6, 6.07) is 0. The zero-order valence-corrected chi connectivity index (χ0v) is 10.4. The van der Waals surface area contributed by atoms with Crippen LogP contribution in [-0.4, -0.2) is 9.55 Å². The van der Waals surface area contributed by atoms with E-state index in [0.717, 1.165) is 0 Å². The van der Waals surface area contributed by atoms with Gasteiger partial charge in [0.25, 0.3) is 0 Å². The molecule has 0 saturated heterocycles. The Bertz CT molecular complexity index is 148. The van der Waals surface area contributed by atoms with Crippen LogP contribution in [0.4, 0.5) is 0 Å². The van der Waals surface area contributed by atoms with Gasteiger partial charge in [0.15, 0.2) is 0 Å². The van der Waals surface area contributed by atoms with E-state index in [-0.39, 0.29) is 42.1 Å². The van der Waals surface area contributed by atoms with Gasteiger partial charge in [-0.2, -0.15) is 0 Å². The second-order valence-electron chi connectivity index (χ2n) is 1.08. The zero-order valence-electron chi connectivity index (χ0n) is 4.52. The molecule has 1 aromatic heterocycles. The van der Waals surface area contributed by atoms with Crippen molar-refractivity contribution in [3.05, 3.63) is 25.3 Å². The van der Waals surface area contributed by atoms with Crippen LogP contribution in [0.15, 0.2) is 12.4 Å². The molecule has 2 nitrogen and oxygen atoms in total. The summed E-state index contributed by atoms with van der Waals surface area (Å²) in [6.07, 6.45) is 7.28. The van der Waals surface area contributed by atoms with Crippen LogP contribution in [0, 0.1) is 12.9 Å². The molecule has 1 heterocycles. The number of imidazole rings is 1. The summed E-state index contributed by atoms with van der Waals surface area (Å²) in [5.41, 5.74) is 0. The molecule has 1 aromatic rings. The molecule has 0 radical (unpaired) electrons. The summed E-state index contributed by atoms with van der Waals surface area (Å²) in [5.74, 6) is 0. The van der Waals surface area contributed by atoms with Crippen molar-refractivity contribution in [3.63, 3.8) is 0 Å². The zero-order chi connectivity index (χ0) is 5.11. The molecule has 9 heavy (non-hydrogen) atoms. The standard InChI is InChI=1S/C5H4N2.2W/c1-2-7-4-3-6-5-7;;/h1-4H;;/q-2;;+2. The quantitative estimate of drug-likeness (QED) is 0.562. The maximum atomic E-state index is 5.06. The normalized spacial score (nSPS) is 6.67. The van der Waals surface area contributed by atoms with Gasteiger partial charge in [0, 0.05) is 27.4 Å². The van der Waals surface area contributed by atoms with E-state index < -0.39 is 0 Å². The third kappa shape index (κ3) is 3.83. The minimum absolute atomic E-state index is 0. The average molecular weight is 460 g/mol. The van der Waals surface area contributed by atoms with Crippen LogP contribution in [0.2, 0.25) is 0 Å². The fraction of sp³-hybridized carbons (Fsp3) is 0. The SMILES string of the molecule is [CH-]=Cn1[c-]ncc1.[W+2].[W]. The Morgan fingerprint density at radius 3 is 2.56 bits per heavy atom. The van der Waals surface area contributed by atoms with Crippen LogP contribution in [0.25, 0.3) is 6.20 Å². The molecular weight excluding hydrogens is 456 g/mol. The molecule has 0 spiro atoms. The van der Waals surface area contributed by atoms with Gasteiger partial charge in [-0.05, 0) is 0 Å². The molecule has 4 heteroatoms. The molecule has 0 atom stereocenters. The fourth-order valence-electron chi connectivity index (χ4n) is 0.322. The number of rotatable bonds is 1. The van der Waals surface area contributed by atoms with Crippen molar-refractivity contribution in [2.24, 2.45) is 0 Å². The molecule has 0 fully saturated rings. The van der Waals surface area contributed by atoms with Gasteiger partial charge in [0.2, 0.25) is 0 Å². The Hall–Kier alpha value is 0.327. The number of hydrogen-bond donors (Lipinski definition) is 0. The first-order chi connectivity index (χ1) is 3.43. The molecule has 0 aromatic carbocycles. The predicted octanol–water partition coefficient (Wildman–Crippen LogP) is 0.582. The molecule has 0 unspecified atom stereocenters. The van der Waals surface area contributed by atoms with Crippen molar-refractivity contribution >= 4 is 6.20 Å². The van der Waals surface area contributed by atoms with Gasteiger partial charge < -0.3 is 16.1 Å². The first kappa shape index (κ1) is 12.0. The monoisotopic (exact) mass is 460 g/mol. The van der Waals surface area contributed by atoms with Crippen LogP contribution in [0.3, 0.4) is 0 Å². The Kier molecular flexibility index (Phi) is 8.63. The van der Waals surface area contributed by atoms with Crippen LogP contribution in [-0.2, 0) is 42.1 Å². The van der Waals surface area contributed by atoms with Crippen molar-refractivity contribution in [3.8, 4) is 0 Å². The number of nitrogens with zero attached hydrogens (tertiary/aromatic N) is 2. The van der Waals surface area contributed by atoms with E-state index in [1.807, 2.05) is 0 Å². The summed E-state index contributed by atoms with van der Waals surface area (Å²) in [7, 11) is 0. The number of hydrogen-bond acceptors (Lipinski definition) is 1. The molecule has 0 aliphatic heterocycles. The largest absolute Gasteiger partial charge is 2.00 e. The maximum Gasteiger partial charge on any atom is 2.00 e. The molecule has 0 aliphatic rings. The van der Waals surface area contributed by atoms with Crippen LogP contribution in [0.5, 0.6) is 0 Å². The van der Waals surface area contributed by atoms with Crippen molar-refractivity contribution in [2.45, 2.75) is 0 Å². The summed E-state index contributed by atoms with van der Waals surface area (Å²) in [4.78, 5) is 3.62. The van der Waals surface area contributed by atoms with E-state index in [1.54, 1.807) is 17.0 Å². The Labute approximate surface area is 82.9 Å². The Morgan fingerprint density at radius 2 is 2.33 bits per heavy atom. The van der Waals surface area contributed by atoms with Crippen molar-refractivity contribution in [1.29, 1.82) is 0 Å². The Morgan fingerprint density at radius 1 is 1.67 bits per heavy atom. The van der Waals surface area contributed by atoms with Gasteiger partial charge in [-0.15, -0.1) is 0 Å². The van der Waals surface area contributed by atoms with E-state index in [0.29, 0.717) is 0 Å². The minimum atomic E-state index is 0. The first-order valence-electron chi connectivity index (χ1n) is 1.89. The van der Waals surface area contributed by atoms with Gasteiger partial charge >= 0.3 is 21.1 Å². The second-order valence-corrected chi connectivity index (χ2v) is 1.08. The van der Waals surface area contributed by atoms with Crippen molar-refractivity contribution in [1.82, 2.24) is 9.55 Å². The molecule has 0 aliphatic carbocycles. The van der Waals surface area contributed by atoms with E-state index in [9.17, 15) is 0 Å². The van der Waals surface area contributed by atoms with Crippen LogP contribution < -0.4 is 0 Å². The average Bonchev–Trinajstić information content (AvgIpc) is 2.14. The van der Waals surface area contributed by atoms with E-state index in [1.165, 1.54) is 6.20 Å². The molecule has 0 amide bonds. The summed E-state index contributed by atoms with van der Waals surface area (Å²) in [6.45, 7) is 5.06. The van der Waals surface area contributed by atoms with Gasteiger partial charge in [-0.3, -0.25) is 6.20 Å². The van der Waals surface area contributed by atoms with Crippen molar-refractivity contribution in [2.75, 3.05) is 0 Å². The van der Waals surface area contributed by atoms with E-state index >= 15 is 0 Å². The molecular formula is C5H4N2W2. The van der Waals surface area contributed by atoms with Gasteiger partial charge in [0.05, 0.1) is 0 Å². The smallest absolute Gasteiger partial charge is 0.551 e. The van der Waals surface area contributed by atoms with Crippen LogP contribution >= 0.6 is 0 Å². The molecule has 0 bridgehead atoms. The minimum Gasteiger partial charge on any atom is -0.551 e. The topological polar surface area (TPSA) is 17.8 Å². The molecule has 0 saturated carbocycles. The van der Waals surface area contributed by atoms with E-state index in [4.69, 9.17) is 6.58 Å². The third-order valence-corrected chi connectivity index (χ3v) is 0.636. The number of aromatic nitrogens is 2. The second kappa shape index (κ2) is 6.45. The predicted molar refractivity (Wildman–Crippen MR) is 26.1 cm³/mol. The summed E-state index contributed by atoms with van der Waals surface area (Å²) in [5, 5.41) is 0. The fourth-order valence-corrected chi connectivity index (χ4v) is 0.322. The molecule has 46 valence electrons.